The maximum absolute atomic E-state index is 12.4. The number of carbonyl (C=O) groups excluding carboxylic acids is 1. The smallest absolute Gasteiger partial charge is 0.245 e. The summed E-state index contributed by atoms with van der Waals surface area (Å²) >= 11 is 0. The van der Waals surface area contributed by atoms with Gasteiger partial charge in [-0.1, -0.05) is 35.5 Å². The van der Waals surface area contributed by atoms with Gasteiger partial charge in [0.25, 0.3) is 0 Å². The highest BCUT2D eigenvalue weighted by molar-refractivity contribution is 7.89. The Morgan fingerprint density at radius 3 is 2.50 bits per heavy atom. The summed E-state index contributed by atoms with van der Waals surface area (Å²) in [6.45, 7) is 4.66. The minimum Gasteiger partial charge on any atom is -0.360 e. The SMILES string of the molecule is Cc1noc(C)c1S(=O)(=O)NCCC(=O)N1CCC(Cc2ccccc2)CC1. The molecule has 0 saturated carbocycles. The molecular formula is C20H27N3O4S. The number of hydrogen-bond donors (Lipinski definition) is 1. The Morgan fingerprint density at radius 1 is 1.21 bits per heavy atom. The van der Waals surface area contributed by atoms with E-state index in [1.54, 1.807) is 13.8 Å². The molecule has 8 heteroatoms. The molecule has 152 valence electrons. The lowest BCUT2D eigenvalue weighted by atomic mass is 9.90. The van der Waals surface area contributed by atoms with E-state index in [1.807, 2.05) is 11.0 Å². The maximum atomic E-state index is 12.4. The largest absolute Gasteiger partial charge is 0.360 e. The fourth-order valence-corrected chi connectivity index (χ4v) is 5.07. The van der Waals surface area contributed by atoms with Crippen molar-refractivity contribution in [3.05, 3.63) is 47.3 Å². The lowest BCUT2D eigenvalue weighted by Gasteiger charge is -2.32. The maximum Gasteiger partial charge on any atom is 0.245 e. The highest BCUT2D eigenvalue weighted by atomic mass is 32.2. The van der Waals surface area contributed by atoms with E-state index in [0.717, 1.165) is 32.4 Å². The molecule has 2 aromatic rings. The molecule has 1 N–H and O–H groups in total. The van der Waals surface area contributed by atoms with Gasteiger partial charge in [0.05, 0.1) is 0 Å². The van der Waals surface area contributed by atoms with Crippen molar-refractivity contribution in [2.75, 3.05) is 19.6 Å². The van der Waals surface area contributed by atoms with E-state index < -0.39 is 10.0 Å². The van der Waals surface area contributed by atoms with Gasteiger partial charge < -0.3 is 9.42 Å². The number of sulfonamides is 1. The number of amides is 1. The molecule has 1 saturated heterocycles. The lowest BCUT2D eigenvalue weighted by Crippen LogP contribution is -2.40. The molecule has 0 radical (unpaired) electrons. The zero-order valence-electron chi connectivity index (χ0n) is 16.3. The average molecular weight is 406 g/mol. The summed E-state index contributed by atoms with van der Waals surface area (Å²) in [4.78, 5) is 14.3. The van der Waals surface area contributed by atoms with Crippen molar-refractivity contribution in [2.24, 2.45) is 5.92 Å². The zero-order valence-corrected chi connectivity index (χ0v) is 17.2. The Hall–Kier alpha value is -2.19. The van der Waals surface area contributed by atoms with Crippen LogP contribution in [0.1, 0.15) is 36.3 Å². The quantitative estimate of drug-likeness (QED) is 0.764. The molecule has 0 spiro atoms. The van der Waals surface area contributed by atoms with Crippen LogP contribution < -0.4 is 4.72 Å². The number of rotatable bonds is 7. The van der Waals surface area contributed by atoms with Crippen molar-refractivity contribution in [3.63, 3.8) is 0 Å². The molecule has 1 aliphatic rings. The van der Waals surface area contributed by atoms with Gasteiger partial charge in [-0.2, -0.15) is 0 Å². The Bertz CT molecular complexity index is 881. The second kappa shape index (κ2) is 8.87. The van der Waals surface area contributed by atoms with Crippen LogP contribution >= 0.6 is 0 Å². The number of nitrogens with one attached hydrogen (secondary N) is 1. The molecular weight excluding hydrogens is 378 g/mol. The van der Waals surface area contributed by atoms with Crippen molar-refractivity contribution in [2.45, 2.75) is 44.4 Å². The van der Waals surface area contributed by atoms with E-state index >= 15 is 0 Å². The summed E-state index contributed by atoms with van der Waals surface area (Å²) < 4.78 is 32.1. The summed E-state index contributed by atoms with van der Waals surface area (Å²) in [5, 5.41) is 3.67. The summed E-state index contributed by atoms with van der Waals surface area (Å²) in [6.07, 6.45) is 3.14. The molecule has 1 aromatic heterocycles. The van der Waals surface area contributed by atoms with E-state index in [4.69, 9.17) is 4.52 Å². The van der Waals surface area contributed by atoms with Crippen LogP contribution in [-0.4, -0.2) is 44.0 Å². The molecule has 0 bridgehead atoms. The van der Waals surface area contributed by atoms with E-state index in [1.165, 1.54) is 5.56 Å². The number of likely N-dealkylation sites (tertiary alicyclic amines) is 1. The van der Waals surface area contributed by atoms with Gasteiger partial charge in [-0.25, -0.2) is 13.1 Å². The molecule has 3 rings (SSSR count). The van der Waals surface area contributed by atoms with Gasteiger partial charge in [0.1, 0.15) is 10.6 Å². The van der Waals surface area contributed by atoms with Crippen molar-refractivity contribution in [1.82, 2.24) is 14.8 Å². The second-order valence-electron chi connectivity index (χ2n) is 7.31. The van der Waals surface area contributed by atoms with Gasteiger partial charge in [-0.05, 0) is 44.6 Å². The molecule has 28 heavy (non-hydrogen) atoms. The number of nitrogens with zero attached hydrogens (tertiary/aromatic N) is 2. The first-order chi connectivity index (χ1) is 13.4. The number of piperidine rings is 1. The highest BCUT2D eigenvalue weighted by Crippen LogP contribution is 2.22. The summed E-state index contributed by atoms with van der Waals surface area (Å²) in [5.74, 6) is 0.820. The first-order valence-electron chi connectivity index (χ1n) is 9.61. The molecule has 1 aliphatic heterocycles. The van der Waals surface area contributed by atoms with E-state index in [9.17, 15) is 13.2 Å². The normalized spacial score (nSPS) is 15.7. The van der Waals surface area contributed by atoms with Gasteiger partial charge >= 0.3 is 0 Å². The predicted molar refractivity (Wildman–Crippen MR) is 105 cm³/mol. The van der Waals surface area contributed by atoms with Gasteiger partial charge in [-0.3, -0.25) is 4.79 Å². The standard InChI is InChI=1S/C20H27N3O4S/c1-15-20(16(2)27-22-15)28(25,26)21-11-8-19(24)23-12-9-18(10-13-23)14-17-6-4-3-5-7-17/h3-7,18,21H,8-14H2,1-2H3. The van der Waals surface area contributed by atoms with Crippen LogP contribution in [0.3, 0.4) is 0 Å². The monoisotopic (exact) mass is 405 g/mol. The molecule has 0 aliphatic carbocycles. The van der Waals surface area contributed by atoms with E-state index in [-0.39, 0.29) is 29.5 Å². The lowest BCUT2D eigenvalue weighted by molar-refractivity contribution is -0.132. The van der Waals surface area contributed by atoms with Crippen LogP contribution in [0.4, 0.5) is 0 Å². The predicted octanol–water partition coefficient (Wildman–Crippen LogP) is 2.44. The van der Waals surface area contributed by atoms with Gasteiger partial charge in [0.2, 0.25) is 15.9 Å². The van der Waals surface area contributed by atoms with Gasteiger partial charge in [0.15, 0.2) is 5.76 Å². The third-order valence-corrected chi connectivity index (χ3v) is 6.91. The Kier molecular flexibility index (Phi) is 6.51. The summed E-state index contributed by atoms with van der Waals surface area (Å²) in [5.41, 5.74) is 1.65. The molecule has 2 heterocycles. The van der Waals surface area contributed by atoms with Gasteiger partial charge in [0, 0.05) is 26.1 Å². The summed E-state index contributed by atoms with van der Waals surface area (Å²) in [7, 11) is -3.73. The number of hydrogen-bond acceptors (Lipinski definition) is 5. The minimum absolute atomic E-state index is 0.0142. The first kappa shape index (κ1) is 20.5. The van der Waals surface area contributed by atoms with Crippen molar-refractivity contribution >= 4 is 15.9 Å². The molecule has 1 aromatic carbocycles. The zero-order chi connectivity index (χ0) is 20.1. The Labute approximate surface area is 166 Å². The molecule has 1 amide bonds. The van der Waals surface area contributed by atoms with Crippen LogP contribution in [0.15, 0.2) is 39.8 Å². The van der Waals surface area contributed by atoms with Crippen LogP contribution in [0.5, 0.6) is 0 Å². The Balaban J connectivity index is 1.44. The number of carbonyl (C=O) groups is 1. The third kappa shape index (κ3) is 4.99. The second-order valence-corrected chi connectivity index (χ2v) is 9.02. The van der Waals surface area contributed by atoms with Crippen molar-refractivity contribution in [1.29, 1.82) is 0 Å². The minimum atomic E-state index is -3.73. The molecule has 7 nitrogen and oxygen atoms in total. The van der Waals surface area contributed by atoms with Crippen LogP contribution in [0, 0.1) is 19.8 Å². The van der Waals surface area contributed by atoms with E-state index in [2.05, 4.69) is 34.1 Å². The van der Waals surface area contributed by atoms with Crippen LogP contribution in [-0.2, 0) is 21.2 Å². The number of benzene rings is 1. The highest BCUT2D eigenvalue weighted by Gasteiger charge is 2.26. The first-order valence-corrected chi connectivity index (χ1v) is 11.1. The van der Waals surface area contributed by atoms with Gasteiger partial charge in [-0.15, -0.1) is 0 Å². The fourth-order valence-electron chi connectivity index (χ4n) is 3.71. The van der Waals surface area contributed by atoms with Crippen LogP contribution in [0.25, 0.3) is 0 Å². The number of aryl methyl sites for hydroxylation is 2. The molecule has 0 atom stereocenters. The number of aromatic nitrogens is 1. The average Bonchev–Trinajstić information content (AvgIpc) is 3.02. The molecule has 1 fully saturated rings. The summed E-state index contributed by atoms with van der Waals surface area (Å²) in [6, 6.07) is 10.4. The van der Waals surface area contributed by atoms with Crippen molar-refractivity contribution < 1.29 is 17.7 Å². The Morgan fingerprint density at radius 2 is 1.89 bits per heavy atom. The fraction of sp³-hybridized carbons (Fsp3) is 0.500. The third-order valence-electron chi connectivity index (χ3n) is 5.20. The topological polar surface area (TPSA) is 92.5 Å². The van der Waals surface area contributed by atoms with Crippen molar-refractivity contribution in [3.8, 4) is 0 Å². The molecule has 0 unspecified atom stereocenters. The van der Waals surface area contributed by atoms with E-state index in [0.29, 0.717) is 11.6 Å². The van der Waals surface area contributed by atoms with Crippen LogP contribution in [0.2, 0.25) is 0 Å².